The average Bonchev–Trinajstić information content (AvgIpc) is 1.92. The molecule has 15 heavy (non-hydrogen) atoms. The molecule has 1 aliphatic rings. The van der Waals surface area contributed by atoms with Gasteiger partial charge < -0.3 is 16.9 Å². The quantitative estimate of drug-likeness (QED) is 0.556. The molecule has 1 rings (SSSR count). The van der Waals surface area contributed by atoms with Crippen molar-refractivity contribution >= 4 is 10.4 Å². The largest absolute Gasteiger partial charge is 2.00 e. The van der Waals surface area contributed by atoms with Gasteiger partial charge in [0.15, 0.2) is 0 Å². The van der Waals surface area contributed by atoms with E-state index in [2.05, 4.69) is 0 Å². The molecule has 0 aromatic rings. The molecule has 2 unspecified atom stereocenters. The van der Waals surface area contributed by atoms with Gasteiger partial charge in [-0.3, -0.25) is 9.11 Å². The molecule has 6 N–H and O–H groups in total. The number of rotatable bonds is 0. The molecule has 0 aliphatic heterocycles. The first-order chi connectivity index (χ1) is 5.80. The van der Waals surface area contributed by atoms with Crippen molar-refractivity contribution in [1.82, 2.24) is 0 Å². The van der Waals surface area contributed by atoms with E-state index in [0.717, 1.165) is 12.8 Å². The summed E-state index contributed by atoms with van der Waals surface area (Å²) in [7, 11) is -4.67. The van der Waals surface area contributed by atoms with Gasteiger partial charge in [0.25, 0.3) is 0 Å². The smallest absolute Gasteiger partial charge is 0.676 e. The van der Waals surface area contributed by atoms with Crippen molar-refractivity contribution in [2.24, 2.45) is 0 Å². The second kappa shape index (κ2) is 9.65. The first-order valence-electron chi connectivity index (χ1n) is 3.93. The van der Waals surface area contributed by atoms with Crippen LogP contribution in [0, 0.1) is 0 Å². The Labute approximate surface area is 104 Å². The van der Waals surface area contributed by atoms with Crippen LogP contribution in [0.25, 0.3) is 11.5 Å². The van der Waals surface area contributed by atoms with Gasteiger partial charge in [0, 0.05) is 0 Å². The molecular formula is C6H16N2O5PtS. The number of hydrogen-bond donors (Lipinski definition) is 2. The topological polar surface area (TPSA) is 154 Å². The van der Waals surface area contributed by atoms with E-state index in [1.807, 2.05) is 0 Å². The molecule has 1 saturated carbocycles. The van der Waals surface area contributed by atoms with Crippen LogP contribution in [0.5, 0.6) is 0 Å². The van der Waals surface area contributed by atoms with Crippen LogP contribution >= 0.6 is 0 Å². The van der Waals surface area contributed by atoms with Crippen LogP contribution in [-0.2, 0) is 31.5 Å². The van der Waals surface area contributed by atoms with Crippen LogP contribution in [0.4, 0.5) is 0 Å². The van der Waals surface area contributed by atoms with Crippen molar-refractivity contribution in [2.75, 3.05) is 0 Å². The van der Waals surface area contributed by atoms with Gasteiger partial charge in [0.2, 0.25) is 0 Å². The summed E-state index contributed by atoms with van der Waals surface area (Å²) in [6, 6.07) is -0.160. The average molecular weight is 423 g/mol. The Morgan fingerprint density at radius 2 is 1.20 bits per heavy atom. The molecule has 0 spiro atoms. The van der Waals surface area contributed by atoms with Gasteiger partial charge in [0.1, 0.15) is 0 Å². The summed E-state index contributed by atoms with van der Waals surface area (Å²) in [6.45, 7) is 0. The standard InChI is InChI=1S/C6H12N2.H2O4S.H2O.Pt/c7-5-3-1-2-4-6(5)8;1-5(2,3)4;;/h5-8H,1-4H2;(H2,1,2,3,4);1H2;/q-2;;;+2. The van der Waals surface area contributed by atoms with Gasteiger partial charge in [-0.1, -0.05) is 25.7 Å². The second-order valence-corrected chi connectivity index (χ2v) is 3.84. The third kappa shape index (κ3) is 17.1. The molecule has 0 heterocycles. The van der Waals surface area contributed by atoms with Crippen LogP contribution < -0.4 is 0 Å². The van der Waals surface area contributed by atoms with Gasteiger partial charge in [-0.25, -0.2) is 0 Å². The van der Waals surface area contributed by atoms with Crippen LogP contribution in [-0.4, -0.2) is 35.1 Å². The van der Waals surface area contributed by atoms with E-state index < -0.39 is 10.4 Å². The van der Waals surface area contributed by atoms with Crippen LogP contribution in [0.15, 0.2) is 0 Å². The molecule has 0 aromatic heterocycles. The summed E-state index contributed by atoms with van der Waals surface area (Å²) in [5, 5.41) is 0. The molecule has 2 atom stereocenters. The van der Waals surface area contributed by atoms with E-state index in [1.165, 1.54) is 12.8 Å². The molecule has 0 aromatic carbocycles. The third-order valence-corrected chi connectivity index (χ3v) is 1.77. The minimum Gasteiger partial charge on any atom is -0.676 e. The zero-order valence-electron chi connectivity index (χ0n) is 7.92. The van der Waals surface area contributed by atoms with Crippen LogP contribution in [0.1, 0.15) is 25.7 Å². The molecule has 96 valence electrons. The molecule has 9 heteroatoms. The van der Waals surface area contributed by atoms with E-state index in [1.54, 1.807) is 0 Å². The minimum absolute atomic E-state index is 0. The predicted molar refractivity (Wildman–Crippen MR) is 52.5 cm³/mol. The Morgan fingerprint density at radius 1 is 1.00 bits per heavy atom. The summed E-state index contributed by atoms with van der Waals surface area (Å²) in [4.78, 5) is 0. The summed E-state index contributed by atoms with van der Waals surface area (Å²) in [5.74, 6) is 0. The van der Waals surface area contributed by atoms with E-state index in [-0.39, 0.29) is 38.6 Å². The molecule has 0 bridgehead atoms. The first-order valence-corrected chi connectivity index (χ1v) is 5.32. The molecule has 1 aliphatic carbocycles. The fraction of sp³-hybridized carbons (Fsp3) is 1.00. The van der Waals surface area contributed by atoms with Gasteiger partial charge >= 0.3 is 31.5 Å². The fourth-order valence-electron chi connectivity index (χ4n) is 1.13. The Bertz CT molecular complexity index is 218. The van der Waals surface area contributed by atoms with Gasteiger partial charge in [-0.15, -0.1) is 0 Å². The minimum atomic E-state index is -4.67. The Kier molecular flexibility index (Phi) is 13.4. The third-order valence-electron chi connectivity index (χ3n) is 1.77. The summed E-state index contributed by atoms with van der Waals surface area (Å²) in [6.07, 6.45) is 4.25. The molecule has 0 radical (unpaired) electrons. The maximum Gasteiger partial charge on any atom is 2.00 e. The molecule has 0 saturated heterocycles. The Hall–Kier alpha value is 0.438. The summed E-state index contributed by atoms with van der Waals surface area (Å²) < 4.78 is 31.6. The second-order valence-electron chi connectivity index (χ2n) is 2.95. The molecule has 1 fully saturated rings. The summed E-state index contributed by atoms with van der Waals surface area (Å²) >= 11 is 0. The first kappa shape index (κ1) is 20.8. The van der Waals surface area contributed by atoms with Crippen molar-refractivity contribution in [3.05, 3.63) is 11.5 Å². The number of hydrogen-bond acceptors (Lipinski definition) is 2. The van der Waals surface area contributed by atoms with Crippen molar-refractivity contribution < 1.29 is 44.1 Å². The van der Waals surface area contributed by atoms with E-state index >= 15 is 0 Å². The normalized spacial score (nSPS) is 25.1. The maximum absolute atomic E-state index is 8.74. The SMILES string of the molecule is O.O=S(=O)(O)O.[NH-]C1CCCCC1[NH-].[Pt+2]. The molecule has 7 nitrogen and oxygen atoms in total. The number of nitrogens with one attached hydrogen (secondary N) is 2. The van der Waals surface area contributed by atoms with Crippen molar-refractivity contribution in [2.45, 2.75) is 37.8 Å². The Morgan fingerprint density at radius 3 is 1.33 bits per heavy atom. The monoisotopic (exact) mass is 423 g/mol. The van der Waals surface area contributed by atoms with Crippen molar-refractivity contribution in [3.8, 4) is 0 Å². The van der Waals surface area contributed by atoms with Crippen LogP contribution in [0.3, 0.4) is 0 Å². The van der Waals surface area contributed by atoms with E-state index in [4.69, 9.17) is 29.0 Å². The van der Waals surface area contributed by atoms with Crippen molar-refractivity contribution in [3.63, 3.8) is 0 Å². The van der Waals surface area contributed by atoms with Gasteiger partial charge in [-0.2, -0.15) is 20.5 Å². The van der Waals surface area contributed by atoms with Gasteiger partial charge in [-0.05, 0) is 0 Å². The van der Waals surface area contributed by atoms with E-state index in [0.29, 0.717) is 0 Å². The zero-order valence-corrected chi connectivity index (χ0v) is 11.0. The van der Waals surface area contributed by atoms with E-state index in [9.17, 15) is 0 Å². The molecular weight excluding hydrogens is 407 g/mol. The fourth-order valence-corrected chi connectivity index (χ4v) is 1.13. The van der Waals surface area contributed by atoms with Crippen molar-refractivity contribution in [1.29, 1.82) is 0 Å². The van der Waals surface area contributed by atoms with Gasteiger partial charge in [0.05, 0.1) is 0 Å². The zero-order chi connectivity index (χ0) is 10.5. The molecule has 0 amide bonds. The Balaban J connectivity index is -0.000000185. The van der Waals surface area contributed by atoms with Crippen LogP contribution in [0.2, 0.25) is 0 Å². The predicted octanol–water partition coefficient (Wildman–Crippen LogP) is 0.922. The summed E-state index contributed by atoms with van der Waals surface area (Å²) in [5.41, 5.74) is 14.6. The maximum atomic E-state index is 8.74.